The van der Waals surface area contributed by atoms with Crippen molar-refractivity contribution in [2.75, 3.05) is 11.9 Å². The van der Waals surface area contributed by atoms with Crippen LogP contribution in [0.2, 0.25) is 10.0 Å². The monoisotopic (exact) mass is 428 g/mol. The molecule has 0 heterocycles. The smallest absolute Gasteiger partial charge is 0.265 e. The maximum atomic E-state index is 11.9. The number of benzene rings is 3. The molecule has 1 amide bonds. The van der Waals surface area contributed by atoms with Crippen molar-refractivity contribution in [3.63, 3.8) is 0 Å². The van der Waals surface area contributed by atoms with Crippen LogP contribution >= 0.6 is 23.2 Å². The summed E-state index contributed by atoms with van der Waals surface area (Å²) in [7, 11) is 0. The van der Waals surface area contributed by atoms with Crippen LogP contribution in [-0.4, -0.2) is 18.7 Å². The molecule has 29 heavy (non-hydrogen) atoms. The van der Waals surface area contributed by atoms with Crippen LogP contribution in [0, 0.1) is 0 Å². The molecule has 0 radical (unpaired) electrons. The molecule has 3 aromatic carbocycles. The minimum atomic E-state index is -0.326. The molecule has 7 heteroatoms. The highest BCUT2D eigenvalue weighted by atomic mass is 35.5. The quantitative estimate of drug-likeness (QED) is 0.377. The second-order valence-corrected chi connectivity index (χ2v) is 6.82. The lowest BCUT2D eigenvalue weighted by Crippen LogP contribution is -2.16. The van der Waals surface area contributed by atoms with Gasteiger partial charge >= 0.3 is 0 Å². The maximum absolute atomic E-state index is 11.9. The largest absolute Gasteiger partial charge is 0.488 e. The second kappa shape index (κ2) is 10.5. The van der Waals surface area contributed by atoms with Crippen molar-refractivity contribution < 1.29 is 14.4 Å². The van der Waals surface area contributed by atoms with Crippen LogP contribution in [0.1, 0.15) is 11.1 Å². The van der Waals surface area contributed by atoms with E-state index < -0.39 is 0 Å². The van der Waals surface area contributed by atoms with E-state index in [1.165, 1.54) is 6.21 Å². The van der Waals surface area contributed by atoms with Gasteiger partial charge in [0.05, 0.1) is 6.21 Å². The molecule has 3 rings (SSSR count). The summed E-state index contributed by atoms with van der Waals surface area (Å²) in [6.45, 7) is 0.108. The summed E-state index contributed by atoms with van der Waals surface area (Å²) in [5, 5.41) is 7.79. The third kappa shape index (κ3) is 6.52. The minimum absolute atomic E-state index is 0.220. The number of amides is 1. The molecule has 148 valence electrons. The Labute approximate surface area is 178 Å². The summed E-state index contributed by atoms with van der Waals surface area (Å²) in [5.74, 6) is 0.304. The van der Waals surface area contributed by atoms with E-state index in [4.69, 9.17) is 32.8 Å². The third-order valence-corrected chi connectivity index (χ3v) is 4.47. The van der Waals surface area contributed by atoms with Gasteiger partial charge < -0.3 is 14.9 Å². The van der Waals surface area contributed by atoms with Gasteiger partial charge in [-0.05, 0) is 42.5 Å². The van der Waals surface area contributed by atoms with E-state index >= 15 is 0 Å². The molecule has 0 saturated carbocycles. The first-order valence-electron chi connectivity index (χ1n) is 8.78. The van der Waals surface area contributed by atoms with E-state index in [1.807, 2.05) is 48.5 Å². The Hall–Kier alpha value is -3.02. The number of ether oxygens (including phenoxy) is 1. The number of carbonyl (C=O) groups is 1. The fourth-order valence-electron chi connectivity index (χ4n) is 2.41. The number of para-hydroxylation sites is 1. The van der Waals surface area contributed by atoms with Crippen LogP contribution in [0.15, 0.2) is 78.0 Å². The van der Waals surface area contributed by atoms with Gasteiger partial charge in [-0.15, -0.1) is 0 Å². The zero-order valence-electron chi connectivity index (χ0n) is 15.3. The van der Waals surface area contributed by atoms with Crippen LogP contribution < -0.4 is 10.1 Å². The van der Waals surface area contributed by atoms with E-state index in [1.54, 1.807) is 24.3 Å². The summed E-state index contributed by atoms with van der Waals surface area (Å²) < 4.78 is 5.85. The SMILES string of the molecule is O=C(CO/N=C/c1ccccc1OCc1ccccc1Cl)Nc1ccc(Cl)cc1. The average Bonchev–Trinajstić information content (AvgIpc) is 2.73. The van der Waals surface area contributed by atoms with Crippen LogP contribution in [-0.2, 0) is 16.2 Å². The first-order chi connectivity index (χ1) is 14.1. The Morgan fingerprint density at radius 1 is 0.966 bits per heavy atom. The van der Waals surface area contributed by atoms with Gasteiger partial charge in [0.2, 0.25) is 0 Å². The second-order valence-electron chi connectivity index (χ2n) is 5.98. The molecule has 0 aliphatic heterocycles. The van der Waals surface area contributed by atoms with Gasteiger partial charge in [-0.3, -0.25) is 4.79 Å². The number of rotatable bonds is 8. The number of halogens is 2. The van der Waals surface area contributed by atoms with Crippen molar-refractivity contribution in [2.24, 2.45) is 5.16 Å². The summed E-state index contributed by atoms with van der Waals surface area (Å²) in [6, 6.07) is 21.7. The Balaban J connectivity index is 1.52. The summed E-state index contributed by atoms with van der Waals surface area (Å²) in [4.78, 5) is 17.0. The van der Waals surface area contributed by atoms with E-state index in [0.717, 1.165) is 11.1 Å². The van der Waals surface area contributed by atoms with E-state index in [2.05, 4.69) is 10.5 Å². The van der Waals surface area contributed by atoms with Crippen LogP contribution in [0.3, 0.4) is 0 Å². The summed E-state index contributed by atoms with van der Waals surface area (Å²) >= 11 is 12.0. The van der Waals surface area contributed by atoms with Crippen molar-refractivity contribution in [3.05, 3.63) is 94.0 Å². The van der Waals surface area contributed by atoms with Crippen molar-refractivity contribution in [3.8, 4) is 5.75 Å². The topological polar surface area (TPSA) is 59.9 Å². The Bertz CT molecular complexity index is 991. The number of hydrogen-bond donors (Lipinski definition) is 1. The van der Waals surface area contributed by atoms with Gasteiger partial charge in [0.15, 0.2) is 6.61 Å². The Morgan fingerprint density at radius 3 is 2.48 bits per heavy atom. The fraction of sp³-hybridized carbons (Fsp3) is 0.0909. The number of nitrogens with one attached hydrogen (secondary N) is 1. The molecule has 0 aliphatic carbocycles. The fourth-order valence-corrected chi connectivity index (χ4v) is 2.73. The highest BCUT2D eigenvalue weighted by Crippen LogP contribution is 2.21. The zero-order chi connectivity index (χ0) is 20.5. The lowest BCUT2D eigenvalue weighted by Gasteiger charge is -2.10. The van der Waals surface area contributed by atoms with Crippen molar-refractivity contribution in [2.45, 2.75) is 6.61 Å². The van der Waals surface area contributed by atoms with Crippen molar-refractivity contribution in [1.29, 1.82) is 0 Å². The van der Waals surface area contributed by atoms with Crippen LogP contribution in [0.4, 0.5) is 5.69 Å². The van der Waals surface area contributed by atoms with E-state index in [-0.39, 0.29) is 12.5 Å². The standard InChI is InChI=1S/C22H18Cl2N2O3/c23-18-9-11-19(12-10-18)26-22(27)15-29-25-13-16-5-2-4-8-21(16)28-14-17-6-1-3-7-20(17)24/h1-13H,14-15H2,(H,26,27)/b25-13+. The van der Waals surface area contributed by atoms with Gasteiger partial charge in [-0.1, -0.05) is 58.7 Å². The molecule has 5 nitrogen and oxygen atoms in total. The van der Waals surface area contributed by atoms with Gasteiger partial charge in [0.25, 0.3) is 5.91 Å². The van der Waals surface area contributed by atoms with Crippen LogP contribution in [0.5, 0.6) is 5.75 Å². The molecule has 0 spiro atoms. The van der Waals surface area contributed by atoms with Gasteiger partial charge in [-0.2, -0.15) is 0 Å². The number of carbonyl (C=O) groups excluding carboxylic acids is 1. The molecule has 0 aliphatic rings. The molecule has 0 bridgehead atoms. The molecule has 0 unspecified atom stereocenters. The molecule has 1 N–H and O–H groups in total. The van der Waals surface area contributed by atoms with Crippen molar-refractivity contribution >= 4 is 41.0 Å². The molecular formula is C22H18Cl2N2O3. The first-order valence-corrected chi connectivity index (χ1v) is 9.53. The van der Waals surface area contributed by atoms with Gasteiger partial charge in [-0.25, -0.2) is 0 Å². The molecule has 0 saturated heterocycles. The molecule has 0 aromatic heterocycles. The van der Waals surface area contributed by atoms with E-state index in [9.17, 15) is 4.79 Å². The average molecular weight is 429 g/mol. The lowest BCUT2D eigenvalue weighted by molar-refractivity contribution is -0.120. The highest BCUT2D eigenvalue weighted by molar-refractivity contribution is 6.31. The zero-order valence-corrected chi connectivity index (χ0v) is 16.9. The third-order valence-electron chi connectivity index (χ3n) is 3.85. The molecule has 0 atom stereocenters. The normalized spacial score (nSPS) is 10.7. The van der Waals surface area contributed by atoms with Gasteiger partial charge in [0.1, 0.15) is 12.4 Å². The predicted molar refractivity (Wildman–Crippen MR) is 116 cm³/mol. The molecular weight excluding hydrogens is 411 g/mol. The van der Waals surface area contributed by atoms with Crippen LogP contribution in [0.25, 0.3) is 0 Å². The summed E-state index contributed by atoms with van der Waals surface area (Å²) in [5.41, 5.74) is 2.24. The van der Waals surface area contributed by atoms with E-state index in [0.29, 0.717) is 28.1 Å². The number of oxime groups is 1. The summed E-state index contributed by atoms with van der Waals surface area (Å²) in [6.07, 6.45) is 1.50. The predicted octanol–water partition coefficient (Wildman–Crippen LogP) is 5.56. The molecule has 3 aromatic rings. The Morgan fingerprint density at radius 2 is 1.69 bits per heavy atom. The maximum Gasteiger partial charge on any atom is 0.265 e. The number of hydrogen-bond acceptors (Lipinski definition) is 4. The van der Waals surface area contributed by atoms with Crippen molar-refractivity contribution in [1.82, 2.24) is 0 Å². The minimum Gasteiger partial charge on any atom is -0.488 e. The number of anilines is 1. The number of nitrogens with zero attached hydrogens (tertiary/aromatic N) is 1. The highest BCUT2D eigenvalue weighted by Gasteiger charge is 2.05. The lowest BCUT2D eigenvalue weighted by atomic mass is 10.2. The Kier molecular flexibility index (Phi) is 7.50. The molecule has 0 fully saturated rings. The van der Waals surface area contributed by atoms with Gasteiger partial charge in [0, 0.05) is 26.9 Å². The first kappa shape index (κ1) is 20.7.